The third-order valence-electron chi connectivity index (χ3n) is 5.18. The first-order valence-electron chi connectivity index (χ1n) is 9.79. The van der Waals surface area contributed by atoms with Crippen molar-refractivity contribution < 1.29 is 21.6 Å². The van der Waals surface area contributed by atoms with Gasteiger partial charge in [0.05, 0.1) is 22.7 Å². The molecule has 1 N–H and O–H groups in total. The molecule has 1 heterocycles. The van der Waals surface area contributed by atoms with Crippen LogP contribution >= 0.6 is 11.6 Å². The molecule has 168 valence electrons. The molecule has 1 aliphatic heterocycles. The van der Waals surface area contributed by atoms with Gasteiger partial charge in [-0.25, -0.2) is 16.8 Å². The van der Waals surface area contributed by atoms with Crippen molar-refractivity contribution in [3.63, 3.8) is 0 Å². The third kappa shape index (κ3) is 4.28. The summed E-state index contributed by atoms with van der Waals surface area (Å²) >= 11 is 6.04. The van der Waals surface area contributed by atoms with Crippen molar-refractivity contribution in [2.45, 2.75) is 22.6 Å². The highest BCUT2D eigenvalue weighted by molar-refractivity contribution is 7.93. The van der Waals surface area contributed by atoms with Gasteiger partial charge in [0.2, 0.25) is 0 Å². The maximum atomic E-state index is 13.2. The molecule has 0 amide bonds. The normalized spacial score (nSPS) is 14.0. The van der Waals surface area contributed by atoms with Gasteiger partial charge in [-0.05, 0) is 73.0 Å². The second-order valence-electron chi connectivity index (χ2n) is 7.24. The number of benzene rings is 3. The van der Waals surface area contributed by atoms with Crippen molar-refractivity contribution in [1.29, 1.82) is 0 Å². The molecule has 0 fully saturated rings. The van der Waals surface area contributed by atoms with Gasteiger partial charge < -0.3 is 4.74 Å². The maximum Gasteiger partial charge on any atom is 0.264 e. The molecule has 0 aromatic heterocycles. The van der Waals surface area contributed by atoms with Crippen LogP contribution in [0.1, 0.15) is 12.0 Å². The Kier molecular flexibility index (Phi) is 6.07. The number of hydrogen-bond acceptors (Lipinski definition) is 5. The Morgan fingerprint density at radius 2 is 1.69 bits per heavy atom. The number of sulfonamides is 2. The third-order valence-corrected chi connectivity index (χ3v) is 8.89. The predicted molar refractivity (Wildman–Crippen MR) is 125 cm³/mol. The van der Waals surface area contributed by atoms with E-state index < -0.39 is 20.0 Å². The summed E-state index contributed by atoms with van der Waals surface area (Å²) in [5.74, 6) is 0.568. The summed E-state index contributed by atoms with van der Waals surface area (Å²) in [6.45, 7) is 0.339. The number of aryl methyl sites for hydroxylation is 1. The molecule has 0 aliphatic carbocycles. The molecule has 4 rings (SSSR count). The first kappa shape index (κ1) is 22.4. The van der Waals surface area contributed by atoms with Gasteiger partial charge >= 0.3 is 0 Å². The Balaban J connectivity index is 1.65. The summed E-state index contributed by atoms with van der Waals surface area (Å²) in [5, 5.41) is 0.120. The molecule has 1 aliphatic rings. The van der Waals surface area contributed by atoms with E-state index in [9.17, 15) is 16.8 Å². The Morgan fingerprint density at radius 1 is 0.969 bits per heavy atom. The van der Waals surface area contributed by atoms with Crippen LogP contribution in [-0.2, 0) is 26.5 Å². The van der Waals surface area contributed by atoms with E-state index in [4.69, 9.17) is 16.3 Å². The van der Waals surface area contributed by atoms with E-state index in [-0.39, 0.29) is 14.8 Å². The molecule has 10 heteroatoms. The Labute approximate surface area is 192 Å². The fraction of sp³-hybridized carbons (Fsp3) is 0.182. The van der Waals surface area contributed by atoms with Crippen LogP contribution < -0.4 is 13.8 Å². The topological polar surface area (TPSA) is 92.8 Å². The number of nitrogens with zero attached hydrogens (tertiary/aromatic N) is 1. The largest absolute Gasteiger partial charge is 0.497 e. The predicted octanol–water partition coefficient (Wildman–Crippen LogP) is 4.29. The summed E-state index contributed by atoms with van der Waals surface area (Å²) in [5.41, 5.74) is 1.62. The Morgan fingerprint density at radius 3 is 2.38 bits per heavy atom. The zero-order valence-corrected chi connectivity index (χ0v) is 19.5. The van der Waals surface area contributed by atoms with E-state index in [2.05, 4.69) is 4.72 Å². The quantitative estimate of drug-likeness (QED) is 0.554. The smallest absolute Gasteiger partial charge is 0.264 e. The second kappa shape index (κ2) is 8.65. The van der Waals surface area contributed by atoms with Crippen LogP contribution in [0.5, 0.6) is 5.75 Å². The lowest BCUT2D eigenvalue weighted by Gasteiger charge is -2.31. The molecule has 0 atom stereocenters. The van der Waals surface area contributed by atoms with Crippen LogP contribution in [0.3, 0.4) is 0 Å². The number of nitrogens with one attached hydrogen (secondary N) is 1. The first-order valence-corrected chi connectivity index (χ1v) is 13.1. The Hall–Kier alpha value is -2.75. The Bertz CT molecular complexity index is 1360. The minimum Gasteiger partial charge on any atom is -0.497 e. The van der Waals surface area contributed by atoms with E-state index in [0.717, 1.165) is 5.56 Å². The number of methoxy groups -OCH3 is 1. The molecule has 3 aromatic rings. The van der Waals surface area contributed by atoms with Crippen molar-refractivity contribution in [2.24, 2.45) is 0 Å². The molecular weight excluding hydrogens is 472 g/mol. The van der Waals surface area contributed by atoms with Gasteiger partial charge in [-0.2, -0.15) is 0 Å². The van der Waals surface area contributed by atoms with Crippen LogP contribution in [0, 0.1) is 0 Å². The van der Waals surface area contributed by atoms with Crippen molar-refractivity contribution in [2.75, 3.05) is 22.7 Å². The number of ether oxygens (including phenoxy) is 1. The molecule has 0 bridgehead atoms. The summed E-state index contributed by atoms with van der Waals surface area (Å²) < 4.78 is 61.0. The summed E-state index contributed by atoms with van der Waals surface area (Å²) in [6.07, 6.45) is 1.24. The van der Waals surface area contributed by atoms with Crippen LogP contribution in [0.4, 0.5) is 11.4 Å². The second-order valence-corrected chi connectivity index (χ2v) is 11.2. The zero-order valence-electron chi connectivity index (χ0n) is 17.2. The summed E-state index contributed by atoms with van der Waals surface area (Å²) in [6, 6.07) is 17.2. The monoisotopic (exact) mass is 492 g/mol. The molecule has 0 spiro atoms. The van der Waals surface area contributed by atoms with Crippen molar-refractivity contribution in [3.05, 3.63) is 77.3 Å². The average Bonchev–Trinajstić information content (AvgIpc) is 2.78. The number of hydrogen-bond donors (Lipinski definition) is 1. The van der Waals surface area contributed by atoms with E-state index in [1.54, 1.807) is 42.5 Å². The van der Waals surface area contributed by atoms with Crippen LogP contribution in [-0.4, -0.2) is 30.5 Å². The highest BCUT2D eigenvalue weighted by Crippen LogP contribution is 2.35. The van der Waals surface area contributed by atoms with Gasteiger partial charge in [-0.3, -0.25) is 9.03 Å². The van der Waals surface area contributed by atoms with Crippen molar-refractivity contribution in [3.8, 4) is 5.75 Å². The highest BCUT2D eigenvalue weighted by atomic mass is 35.5. The van der Waals surface area contributed by atoms with Gasteiger partial charge in [-0.1, -0.05) is 23.7 Å². The summed E-state index contributed by atoms with van der Waals surface area (Å²) in [4.78, 5) is 0.137. The SMILES string of the molecule is COc1ccc(S(=O)(=O)N2CCCc3cc(NS(=O)(=O)c4ccccc4Cl)ccc32)cc1. The minimum atomic E-state index is -3.89. The lowest BCUT2D eigenvalue weighted by molar-refractivity contribution is 0.414. The van der Waals surface area contributed by atoms with E-state index in [0.29, 0.717) is 36.5 Å². The molecule has 0 radical (unpaired) electrons. The number of fused-ring (bicyclic) bond motifs is 1. The lowest BCUT2D eigenvalue weighted by atomic mass is 10.0. The molecule has 7 nitrogen and oxygen atoms in total. The average molecular weight is 493 g/mol. The van der Waals surface area contributed by atoms with E-state index in [1.807, 2.05) is 0 Å². The van der Waals surface area contributed by atoms with Gasteiger partial charge in [0.25, 0.3) is 20.0 Å². The van der Waals surface area contributed by atoms with Crippen molar-refractivity contribution >= 4 is 43.0 Å². The molecule has 0 saturated heterocycles. The lowest BCUT2D eigenvalue weighted by Crippen LogP contribution is -2.35. The molecule has 0 unspecified atom stereocenters. The molecular formula is C22H21ClN2O5S2. The van der Waals surface area contributed by atoms with E-state index in [1.165, 1.54) is 35.7 Å². The van der Waals surface area contributed by atoms with E-state index >= 15 is 0 Å². The van der Waals surface area contributed by atoms with Gasteiger partial charge in [0, 0.05) is 12.2 Å². The van der Waals surface area contributed by atoms with Gasteiger partial charge in [-0.15, -0.1) is 0 Å². The molecule has 3 aromatic carbocycles. The standard InChI is InChI=1S/C22H21ClN2O5S2/c1-30-18-9-11-19(12-10-18)32(28,29)25-14-4-5-16-15-17(8-13-21(16)25)24-31(26,27)22-7-3-2-6-20(22)23/h2-3,6-13,15,24H,4-5,14H2,1H3. The fourth-order valence-electron chi connectivity index (χ4n) is 3.62. The van der Waals surface area contributed by atoms with Crippen LogP contribution in [0.15, 0.2) is 76.5 Å². The fourth-order valence-corrected chi connectivity index (χ4v) is 6.73. The summed E-state index contributed by atoms with van der Waals surface area (Å²) in [7, 11) is -6.15. The first-order chi connectivity index (χ1) is 15.2. The highest BCUT2D eigenvalue weighted by Gasteiger charge is 2.29. The van der Waals surface area contributed by atoms with Gasteiger partial charge in [0.1, 0.15) is 10.6 Å². The minimum absolute atomic E-state index is 0.0249. The van der Waals surface area contributed by atoms with Gasteiger partial charge in [0.15, 0.2) is 0 Å². The number of rotatable bonds is 6. The maximum absolute atomic E-state index is 13.2. The molecule has 0 saturated carbocycles. The zero-order chi connectivity index (χ0) is 22.9. The van der Waals surface area contributed by atoms with Crippen LogP contribution in [0.25, 0.3) is 0 Å². The number of anilines is 2. The number of halogens is 1. The van der Waals surface area contributed by atoms with Crippen LogP contribution in [0.2, 0.25) is 5.02 Å². The molecule has 32 heavy (non-hydrogen) atoms. The van der Waals surface area contributed by atoms with Crippen molar-refractivity contribution in [1.82, 2.24) is 0 Å².